The van der Waals surface area contributed by atoms with Crippen LogP contribution in [0.3, 0.4) is 0 Å². The molecule has 0 spiro atoms. The smallest absolute Gasteiger partial charge is 0.219 e. The molecule has 1 heterocycles. The molecule has 2 rings (SSSR count). The van der Waals surface area contributed by atoms with Crippen LogP contribution >= 0.6 is 0 Å². The molecule has 0 radical (unpaired) electrons. The van der Waals surface area contributed by atoms with Crippen molar-refractivity contribution in [2.24, 2.45) is 5.73 Å². The molecule has 0 aliphatic rings. The minimum Gasteiger partial charge on any atom is -0.370 e. The molecule has 0 fully saturated rings. The van der Waals surface area contributed by atoms with Crippen LogP contribution in [0.25, 0.3) is 10.9 Å². The van der Waals surface area contributed by atoms with Gasteiger partial charge in [-0.2, -0.15) is 0 Å². The standard InChI is InChI=1S/C14H18N2O/c1-3-11-10(2)16(9-8-14(15)17)13-7-5-4-6-12(11)13/h4-7H,3,8-9H2,1-2H3,(H2,15,17). The molecule has 0 atom stereocenters. The molecule has 1 amide bonds. The number of nitrogens with two attached hydrogens (primary N) is 1. The molecule has 0 saturated heterocycles. The summed E-state index contributed by atoms with van der Waals surface area (Å²) in [6.45, 7) is 4.94. The minimum atomic E-state index is -0.250. The summed E-state index contributed by atoms with van der Waals surface area (Å²) >= 11 is 0. The molecule has 0 saturated carbocycles. The highest BCUT2D eigenvalue weighted by molar-refractivity contribution is 5.85. The van der Waals surface area contributed by atoms with E-state index in [1.165, 1.54) is 22.2 Å². The van der Waals surface area contributed by atoms with Gasteiger partial charge in [-0.05, 0) is 25.0 Å². The lowest BCUT2D eigenvalue weighted by Crippen LogP contribution is -2.14. The first-order valence-electron chi connectivity index (χ1n) is 6.00. The van der Waals surface area contributed by atoms with Crippen LogP contribution in [0.4, 0.5) is 0 Å². The Hall–Kier alpha value is -1.77. The maximum atomic E-state index is 10.9. The molecule has 0 aliphatic heterocycles. The molecule has 0 bridgehead atoms. The third-order valence-corrected chi connectivity index (χ3v) is 3.30. The number of aryl methyl sites for hydroxylation is 2. The van der Waals surface area contributed by atoms with E-state index in [9.17, 15) is 4.79 Å². The highest BCUT2D eigenvalue weighted by Gasteiger charge is 2.12. The van der Waals surface area contributed by atoms with Gasteiger partial charge in [0.25, 0.3) is 0 Å². The van der Waals surface area contributed by atoms with Gasteiger partial charge >= 0.3 is 0 Å². The van der Waals surface area contributed by atoms with Gasteiger partial charge in [0.2, 0.25) is 5.91 Å². The Balaban J connectivity index is 2.53. The van der Waals surface area contributed by atoms with E-state index in [2.05, 4.69) is 36.6 Å². The number of nitrogens with zero attached hydrogens (tertiary/aromatic N) is 1. The Morgan fingerprint density at radius 1 is 1.35 bits per heavy atom. The van der Waals surface area contributed by atoms with Crippen LogP contribution in [0, 0.1) is 6.92 Å². The van der Waals surface area contributed by atoms with Gasteiger partial charge < -0.3 is 10.3 Å². The maximum Gasteiger partial charge on any atom is 0.219 e. The second-order valence-electron chi connectivity index (χ2n) is 4.30. The van der Waals surface area contributed by atoms with Gasteiger partial charge in [0.15, 0.2) is 0 Å². The maximum absolute atomic E-state index is 10.9. The van der Waals surface area contributed by atoms with Crippen molar-refractivity contribution in [3.8, 4) is 0 Å². The quantitative estimate of drug-likeness (QED) is 0.861. The first kappa shape index (κ1) is 11.7. The average molecular weight is 230 g/mol. The largest absolute Gasteiger partial charge is 0.370 e. The van der Waals surface area contributed by atoms with E-state index in [1.807, 2.05) is 6.07 Å². The molecule has 2 N–H and O–H groups in total. The zero-order chi connectivity index (χ0) is 12.4. The Morgan fingerprint density at radius 2 is 2.06 bits per heavy atom. The van der Waals surface area contributed by atoms with E-state index in [4.69, 9.17) is 5.73 Å². The van der Waals surface area contributed by atoms with Gasteiger partial charge in [-0.1, -0.05) is 25.1 Å². The average Bonchev–Trinajstić information content (AvgIpc) is 2.58. The van der Waals surface area contributed by atoms with Crippen LogP contribution < -0.4 is 5.73 Å². The van der Waals surface area contributed by atoms with E-state index in [0.717, 1.165) is 6.42 Å². The van der Waals surface area contributed by atoms with E-state index >= 15 is 0 Å². The van der Waals surface area contributed by atoms with Crippen LogP contribution in [0.5, 0.6) is 0 Å². The summed E-state index contributed by atoms with van der Waals surface area (Å²) < 4.78 is 2.19. The lowest BCUT2D eigenvalue weighted by molar-refractivity contribution is -0.118. The summed E-state index contributed by atoms with van der Waals surface area (Å²) in [5, 5.41) is 1.29. The van der Waals surface area contributed by atoms with Crippen molar-refractivity contribution in [3.05, 3.63) is 35.5 Å². The molecular formula is C14H18N2O. The van der Waals surface area contributed by atoms with Crippen LogP contribution in [-0.4, -0.2) is 10.5 Å². The molecule has 90 valence electrons. The highest BCUT2D eigenvalue weighted by atomic mass is 16.1. The molecule has 1 aromatic carbocycles. The summed E-state index contributed by atoms with van der Waals surface area (Å²) in [6, 6.07) is 8.33. The number of hydrogen-bond acceptors (Lipinski definition) is 1. The van der Waals surface area contributed by atoms with Crippen molar-refractivity contribution < 1.29 is 4.79 Å². The lowest BCUT2D eigenvalue weighted by atomic mass is 10.1. The van der Waals surface area contributed by atoms with E-state index in [1.54, 1.807) is 0 Å². The van der Waals surface area contributed by atoms with Crippen molar-refractivity contribution in [3.63, 3.8) is 0 Å². The summed E-state index contributed by atoms with van der Waals surface area (Å²) in [5.74, 6) is -0.250. The van der Waals surface area contributed by atoms with Gasteiger partial charge in [0, 0.05) is 29.6 Å². The highest BCUT2D eigenvalue weighted by Crippen LogP contribution is 2.26. The van der Waals surface area contributed by atoms with Crippen molar-refractivity contribution in [2.75, 3.05) is 0 Å². The van der Waals surface area contributed by atoms with E-state index in [-0.39, 0.29) is 5.91 Å². The summed E-state index contributed by atoms with van der Waals surface area (Å²) in [7, 11) is 0. The molecular weight excluding hydrogens is 212 g/mol. The van der Waals surface area contributed by atoms with Gasteiger partial charge in [-0.15, -0.1) is 0 Å². The Bertz CT molecular complexity index is 555. The van der Waals surface area contributed by atoms with Crippen molar-refractivity contribution in [2.45, 2.75) is 33.2 Å². The van der Waals surface area contributed by atoms with E-state index in [0.29, 0.717) is 13.0 Å². The molecule has 3 nitrogen and oxygen atoms in total. The first-order chi connectivity index (χ1) is 8.15. The molecule has 3 heteroatoms. The van der Waals surface area contributed by atoms with E-state index < -0.39 is 0 Å². The summed E-state index contributed by atoms with van der Waals surface area (Å²) in [6.07, 6.45) is 1.40. The van der Waals surface area contributed by atoms with Crippen molar-refractivity contribution >= 4 is 16.8 Å². The number of primary amides is 1. The Morgan fingerprint density at radius 3 is 2.71 bits per heavy atom. The van der Waals surface area contributed by atoms with Crippen LogP contribution in [0.15, 0.2) is 24.3 Å². The number of amides is 1. The molecule has 1 aromatic heterocycles. The zero-order valence-electron chi connectivity index (χ0n) is 10.4. The van der Waals surface area contributed by atoms with Crippen molar-refractivity contribution in [1.29, 1.82) is 0 Å². The Labute approximate surface area is 101 Å². The number of carbonyl (C=O) groups is 1. The van der Waals surface area contributed by atoms with Gasteiger partial charge in [0.05, 0.1) is 0 Å². The molecule has 0 aliphatic carbocycles. The molecule has 2 aromatic rings. The van der Waals surface area contributed by atoms with Gasteiger partial charge in [-0.3, -0.25) is 4.79 Å². The molecule has 0 unspecified atom stereocenters. The topological polar surface area (TPSA) is 48.0 Å². The number of carbonyl (C=O) groups excluding carboxylic acids is 1. The number of hydrogen-bond donors (Lipinski definition) is 1. The predicted molar refractivity (Wildman–Crippen MR) is 69.9 cm³/mol. The minimum absolute atomic E-state index is 0.250. The van der Waals surface area contributed by atoms with Crippen LogP contribution in [0.1, 0.15) is 24.6 Å². The number of benzene rings is 1. The van der Waals surface area contributed by atoms with Crippen molar-refractivity contribution in [1.82, 2.24) is 4.57 Å². The third-order valence-electron chi connectivity index (χ3n) is 3.30. The summed E-state index contributed by atoms with van der Waals surface area (Å²) in [4.78, 5) is 10.9. The normalized spacial score (nSPS) is 10.9. The monoisotopic (exact) mass is 230 g/mol. The zero-order valence-corrected chi connectivity index (χ0v) is 10.4. The summed E-state index contributed by atoms with van der Waals surface area (Å²) in [5.41, 5.74) is 9.03. The molecule has 17 heavy (non-hydrogen) atoms. The number of rotatable bonds is 4. The van der Waals surface area contributed by atoms with Crippen LogP contribution in [0.2, 0.25) is 0 Å². The second kappa shape index (κ2) is 4.62. The first-order valence-corrected chi connectivity index (χ1v) is 6.00. The fourth-order valence-corrected chi connectivity index (χ4v) is 2.46. The number of fused-ring (bicyclic) bond motifs is 1. The fraction of sp³-hybridized carbons (Fsp3) is 0.357. The predicted octanol–water partition coefficient (Wildman–Crippen LogP) is 2.39. The Kier molecular flexibility index (Phi) is 3.18. The lowest BCUT2D eigenvalue weighted by Gasteiger charge is -2.06. The SMILES string of the molecule is CCc1c(C)n(CCC(N)=O)c2ccccc12. The fourth-order valence-electron chi connectivity index (χ4n) is 2.46. The van der Waals surface area contributed by atoms with Crippen LogP contribution in [-0.2, 0) is 17.8 Å². The third kappa shape index (κ3) is 2.05. The number of para-hydroxylation sites is 1. The number of aromatic nitrogens is 1. The van der Waals surface area contributed by atoms with Gasteiger partial charge in [0.1, 0.15) is 0 Å². The second-order valence-corrected chi connectivity index (χ2v) is 4.30. The van der Waals surface area contributed by atoms with Gasteiger partial charge in [-0.25, -0.2) is 0 Å².